The Morgan fingerprint density at radius 2 is 1.41 bits per heavy atom. The second-order valence-corrected chi connectivity index (χ2v) is 3.00. The predicted molar refractivity (Wildman–Crippen MR) is 61.3 cm³/mol. The van der Waals surface area contributed by atoms with E-state index in [2.05, 4.69) is 5.92 Å². The SMILES string of the molecule is C#CCOCCOCCOCCOCC(N)=O. The molecule has 0 atom stereocenters. The van der Waals surface area contributed by atoms with Crippen LogP contribution in [0, 0.1) is 12.3 Å². The number of carbonyl (C=O) groups excluding carboxylic acids is 1. The van der Waals surface area contributed by atoms with Crippen molar-refractivity contribution in [1.82, 2.24) is 0 Å². The van der Waals surface area contributed by atoms with Gasteiger partial charge in [-0.25, -0.2) is 0 Å². The summed E-state index contributed by atoms with van der Waals surface area (Å²) >= 11 is 0. The van der Waals surface area contributed by atoms with Gasteiger partial charge in [0.2, 0.25) is 5.91 Å². The zero-order valence-electron chi connectivity index (χ0n) is 9.85. The first kappa shape index (κ1) is 15.9. The van der Waals surface area contributed by atoms with E-state index in [9.17, 15) is 4.79 Å². The van der Waals surface area contributed by atoms with Crippen molar-refractivity contribution in [2.45, 2.75) is 0 Å². The van der Waals surface area contributed by atoms with E-state index >= 15 is 0 Å². The second-order valence-electron chi connectivity index (χ2n) is 3.00. The van der Waals surface area contributed by atoms with Crippen LogP contribution in [-0.2, 0) is 23.7 Å². The minimum atomic E-state index is -0.486. The first-order valence-electron chi connectivity index (χ1n) is 5.30. The predicted octanol–water partition coefficient (Wildman–Crippen LogP) is -0.829. The van der Waals surface area contributed by atoms with Gasteiger partial charge in [0.15, 0.2) is 0 Å². The second kappa shape index (κ2) is 12.9. The minimum absolute atomic E-state index is 0.0770. The lowest BCUT2D eigenvalue weighted by Gasteiger charge is -2.05. The third kappa shape index (κ3) is 14.9. The van der Waals surface area contributed by atoms with Gasteiger partial charge in [0.25, 0.3) is 0 Å². The van der Waals surface area contributed by atoms with Crippen LogP contribution in [0.15, 0.2) is 0 Å². The van der Waals surface area contributed by atoms with Crippen LogP contribution in [0.1, 0.15) is 0 Å². The average Bonchev–Trinajstić information content (AvgIpc) is 2.30. The molecule has 98 valence electrons. The zero-order chi connectivity index (χ0) is 12.8. The molecule has 0 saturated carbocycles. The van der Waals surface area contributed by atoms with E-state index in [-0.39, 0.29) is 6.61 Å². The smallest absolute Gasteiger partial charge is 0.243 e. The van der Waals surface area contributed by atoms with Crippen LogP contribution in [-0.4, -0.2) is 58.8 Å². The molecule has 0 radical (unpaired) electrons. The maximum atomic E-state index is 10.3. The van der Waals surface area contributed by atoms with Gasteiger partial charge < -0.3 is 24.7 Å². The molecule has 0 fully saturated rings. The molecule has 6 nitrogen and oxygen atoms in total. The molecule has 0 aromatic heterocycles. The average molecular weight is 245 g/mol. The standard InChI is InChI=1S/C11H19NO5/c1-2-3-14-4-5-15-6-7-16-8-9-17-10-11(12)13/h1H,3-10H2,(H2,12,13). The van der Waals surface area contributed by atoms with Crippen LogP contribution in [0.25, 0.3) is 0 Å². The molecule has 0 saturated heterocycles. The van der Waals surface area contributed by atoms with Gasteiger partial charge in [-0.05, 0) is 0 Å². The summed E-state index contributed by atoms with van der Waals surface area (Å²) in [5, 5.41) is 0. The number of rotatable bonds is 12. The van der Waals surface area contributed by atoms with E-state index < -0.39 is 5.91 Å². The summed E-state index contributed by atoms with van der Waals surface area (Å²) in [6.07, 6.45) is 4.99. The Morgan fingerprint density at radius 3 is 1.88 bits per heavy atom. The first-order valence-corrected chi connectivity index (χ1v) is 5.30. The molecule has 0 aliphatic carbocycles. The number of ether oxygens (including phenoxy) is 4. The van der Waals surface area contributed by atoms with Crippen molar-refractivity contribution < 1.29 is 23.7 Å². The molecule has 0 aliphatic rings. The Labute approximate surface area is 101 Å². The molecule has 0 heterocycles. The molecule has 0 bridgehead atoms. The first-order chi connectivity index (χ1) is 8.27. The zero-order valence-corrected chi connectivity index (χ0v) is 9.85. The highest BCUT2D eigenvalue weighted by Crippen LogP contribution is 1.82. The number of primary amides is 1. The van der Waals surface area contributed by atoms with Gasteiger partial charge in [0, 0.05) is 0 Å². The van der Waals surface area contributed by atoms with Crippen molar-refractivity contribution in [2.75, 3.05) is 52.9 Å². The van der Waals surface area contributed by atoms with Crippen LogP contribution in [0.3, 0.4) is 0 Å². The van der Waals surface area contributed by atoms with Crippen molar-refractivity contribution >= 4 is 5.91 Å². The van der Waals surface area contributed by atoms with Crippen molar-refractivity contribution in [2.24, 2.45) is 5.73 Å². The summed E-state index contributed by atoms with van der Waals surface area (Å²) < 4.78 is 20.2. The van der Waals surface area contributed by atoms with Crippen molar-refractivity contribution in [3.8, 4) is 12.3 Å². The molecule has 0 aromatic carbocycles. The molecule has 0 unspecified atom stereocenters. The molecule has 0 spiro atoms. The van der Waals surface area contributed by atoms with E-state index in [1.807, 2.05) is 0 Å². The van der Waals surface area contributed by atoms with Gasteiger partial charge in [-0.1, -0.05) is 5.92 Å². The molecule has 1 amide bonds. The fourth-order valence-corrected chi connectivity index (χ4v) is 0.862. The van der Waals surface area contributed by atoms with Crippen LogP contribution >= 0.6 is 0 Å². The maximum absolute atomic E-state index is 10.3. The molecule has 0 aliphatic heterocycles. The maximum Gasteiger partial charge on any atom is 0.243 e. The number of nitrogens with two attached hydrogens (primary N) is 1. The van der Waals surface area contributed by atoms with Crippen LogP contribution in [0.2, 0.25) is 0 Å². The normalized spacial score (nSPS) is 10.1. The Hall–Kier alpha value is -1.13. The van der Waals surface area contributed by atoms with E-state index in [1.165, 1.54) is 0 Å². The highest BCUT2D eigenvalue weighted by Gasteiger charge is 1.94. The molecule has 2 N–H and O–H groups in total. The van der Waals surface area contributed by atoms with Crippen molar-refractivity contribution in [3.63, 3.8) is 0 Å². The summed E-state index contributed by atoms with van der Waals surface area (Å²) in [5.74, 6) is 1.87. The Kier molecular flexibility index (Phi) is 12.1. The van der Waals surface area contributed by atoms with Crippen LogP contribution in [0.5, 0.6) is 0 Å². The Balaban J connectivity index is 2.94. The number of amides is 1. The Bertz CT molecular complexity index is 226. The fourth-order valence-electron chi connectivity index (χ4n) is 0.862. The summed E-state index contributed by atoms with van der Waals surface area (Å²) in [4.78, 5) is 10.3. The quantitative estimate of drug-likeness (QED) is 0.358. The molecule has 6 heteroatoms. The van der Waals surface area contributed by atoms with Gasteiger partial charge in [0.05, 0.1) is 39.6 Å². The van der Waals surface area contributed by atoms with Gasteiger partial charge in [-0.2, -0.15) is 0 Å². The largest absolute Gasteiger partial charge is 0.377 e. The highest BCUT2D eigenvalue weighted by atomic mass is 16.6. The van der Waals surface area contributed by atoms with E-state index in [0.29, 0.717) is 46.2 Å². The molecular weight excluding hydrogens is 226 g/mol. The third-order valence-electron chi connectivity index (χ3n) is 1.55. The molecule has 0 aromatic rings. The van der Waals surface area contributed by atoms with Gasteiger partial charge in [-0.15, -0.1) is 6.42 Å². The lowest BCUT2D eigenvalue weighted by atomic mass is 10.6. The molecule has 0 rings (SSSR count). The number of hydrogen-bond donors (Lipinski definition) is 1. The third-order valence-corrected chi connectivity index (χ3v) is 1.55. The van der Waals surface area contributed by atoms with E-state index in [0.717, 1.165) is 0 Å². The number of carbonyl (C=O) groups is 1. The number of hydrogen-bond acceptors (Lipinski definition) is 5. The van der Waals surface area contributed by atoms with E-state index in [1.54, 1.807) is 0 Å². The summed E-state index contributed by atoms with van der Waals surface area (Å²) in [7, 11) is 0. The monoisotopic (exact) mass is 245 g/mol. The van der Waals surface area contributed by atoms with E-state index in [4.69, 9.17) is 31.1 Å². The van der Waals surface area contributed by atoms with Crippen molar-refractivity contribution in [1.29, 1.82) is 0 Å². The van der Waals surface area contributed by atoms with Gasteiger partial charge in [0.1, 0.15) is 13.2 Å². The van der Waals surface area contributed by atoms with Crippen LogP contribution < -0.4 is 5.73 Å². The summed E-state index contributed by atoms with van der Waals surface area (Å²) in [6.45, 7) is 2.89. The lowest BCUT2D eigenvalue weighted by Crippen LogP contribution is -2.20. The minimum Gasteiger partial charge on any atom is -0.377 e. The number of terminal acetylenes is 1. The fraction of sp³-hybridized carbons (Fsp3) is 0.727. The summed E-state index contributed by atoms with van der Waals surface area (Å²) in [5.41, 5.74) is 4.87. The van der Waals surface area contributed by atoms with Gasteiger partial charge >= 0.3 is 0 Å². The lowest BCUT2D eigenvalue weighted by molar-refractivity contribution is -0.123. The van der Waals surface area contributed by atoms with Gasteiger partial charge in [-0.3, -0.25) is 4.79 Å². The topological polar surface area (TPSA) is 80.0 Å². The summed E-state index contributed by atoms with van der Waals surface area (Å²) in [6, 6.07) is 0. The van der Waals surface area contributed by atoms with Crippen LogP contribution in [0.4, 0.5) is 0 Å². The molecule has 17 heavy (non-hydrogen) atoms. The van der Waals surface area contributed by atoms with Crippen molar-refractivity contribution in [3.05, 3.63) is 0 Å². The Morgan fingerprint density at radius 1 is 0.941 bits per heavy atom. The molecular formula is C11H19NO5. The highest BCUT2D eigenvalue weighted by molar-refractivity contribution is 5.74.